The molecule has 1 rings (SSSR count). The van der Waals surface area contributed by atoms with Crippen LogP contribution in [0.25, 0.3) is 0 Å². The molecule has 0 unspecified atom stereocenters. The van der Waals surface area contributed by atoms with E-state index in [0.29, 0.717) is 12.1 Å². The van der Waals surface area contributed by atoms with E-state index in [1.165, 1.54) is 0 Å². The van der Waals surface area contributed by atoms with Crippen molar-refractivity contribution in [1.82, 2.24) is 10.5 Å². The summed E-state index contributed by atoms with van der Waals surface area (Å²) in [4.78, 5) is 39.0. The van der Waals surface area contributed by atoms with E-state index in [2.05, 4.69) is 4.84 Å². The molecular weight excluding hydrogens is 402 g/mol. The minimum absolute atomic E-state index is 0.0565. The molecule has 0 saturated heterocycles. The minimum Gasteiger partial charge on any atom is -0.504 e. The fourth-order valence-electron chi connectivity index (χ4n) is 1.67. The van der Waals surface area contributed by atoms with Gasteiger partial charge >= 0.3 is 6.09 Å². The molecule has 0 heterocycles. The van der Waals surface area contributed by atoms with Gasteiger partial charge in [-0.05, 0) is 26.8 Å². The van der Waals surface area contributed by atoms with Crippen LogP contribution in [0.4, 0.5) is 4.79 Å². The molecule has 28 heavy (non-hydrogen) atoms. The lowest BCUT2D eigenvalue weighted by atomic mass is 10.1. The van der Waals surface area contributed by atoms with Gasteiger partial charge in [0.05, 0.1) is 10.5 Å². The topological polar surface area (TPSA) is 206 Å². The Labute approximate surface area is 159 Å². The summed E-state index contributed by atoms with van der Waals surface area (Å²) in [6.07, 6.45) is -1.02. The van der Waals surface area contributed by atoms with Crippen LogP contribution >= 0.6 is 0 Å². The van der Waals surface area contributed by atoms with Gasteiger partial charge < -0.3 is 14.9 Å². The third-order valence-corrected chi connectivity index (χ3v) is 3.66. The maximum absolute atomic E-state index is 12.2. The van der Waals surface area contributed by atoms with Crippen molar-refractivity contribution in [3.8, 4) is 11.5 Å². The molecule has 0 atom stereocenters. The van der Waals surface area contributed by atoms with Crippen LogP contribution in [0.3, 0.4) is 0 Å². The highest BCUT2D eigenvalue weighted by molar-refractivity contribution is 7.85. The zero-order valence-corrected chi connectivity index (χ0v) is 15.8. The van der Waals surface area contributed by atoms with Crippen molar-refractivity contribution in [3.05, 3.63) is 17.7 Å². The molecule has 0 aliphatic carbocycles. The van der Waals surface area contributed by atoms with E-state index in [1.807, 2.05) is 0 Å². The second-order valence-electron chi connectivity index (χ2n) is 6.28. The van der Waals surface area contributed by atoms with Crippen LogP contribution < -0.4 is 11.3 Å². The van der Waals surface area contributed by atoms with Gasteiger partial charge in [-0.15, -0.1) is 0 Å². The molecule has 0 aliphatic rings. The first-order valence-electron chi connectivity index (χ1n) is 7.39. The second kappa shape index (κ2) is 8.39. The number of amides is 3. The third kappa shape index (κ3) is 6.34. The normalized spacial score (nSPS) is 11.6. The SMILES string of the molecule is CC(C)(C)OC(=O)NOCC(=O)N(N)C(=O)c1cc(S(=O)(=O)O)cc(O)c1O. The molecule has 1 aromatic rings. The van der Waals surface area contributed by atoms with E-state index in [0.717, 1.165) is 0 Å². The van der Waals surface area contributed by atoms with Crippen molar-refractivity contribution in [2.75, 3.05) is 6.61 Å². The molecule has 1 aromatic carbocycles. The highest BCUT2D eigenvalue weighted by Gasteiger charge is 2.27. The van der Waals surface area contributed by atoms with Gasteiger partial charge in [-0.2, -0.15) is 13.9 Å². The number of carbonyl (C=O) groups excluding carboxylic acids is 3. The Morgan fingerprint density at radius 1 is 1.21 bits per heavy atom. The predicted octanol–water partition coefficient (Wildman–Crippen LogP) is -0.357. The van der Waals surface area contributed by atoms with E-state index in [9.17, 15) is 33.0 Å². The zero-order chi connectivity index (χ0) is 21.9. The summed E-state index contributed by atoms with van der Waals surface area (Å²) in [5, 5.41) is 19.1. The number of nitrogens with one attached hydrogen (secondary N) is 1. The number of phenols is 2. The van der Waals surface area contributed by atoms with Crippen molar-refractivity contribution in [2.24, 2.45) is 5.84 Å². The highest BCUT2D eigenvalue weighted by Crippen LogP contribution is 2.32. The molecule has 14 heteroatoms. The average molecular weight is 421 g/mol. The number of aromatic hydroxyl groups is 2. The molecule has 0 aliphatic heterocycles. The van der Waals surface area contributed by atoms with E-state index in [4.69, 9.17) is 15.1 Å². The number of nitrogens with zero attached hydrogens (tertiary/aromatic N) is 1. The number of ether oxygens (including phenoxy) is 1. The van der Waals surface area contributed by atoms with Crippen LogP contribution in [-0.4, -0.2) is 58.3 Å². The van der Waals surface area contributed by atoms with Gasteiger partial charge in [0.1, 0.15) is 5.60 Å². The molecule has 13 nitrogen and oxygen atoms in total. The fraction of sp³-hybridized carbons (Fsp3) is 0.357. The van der Waals surface area contributed by atoms with Gasteiger partial charge in [0.15, 0.2) is 18.1 Å². The maximum atomic E-state index is 12.2. The van der Waals surface area contributed by atoms with Crippen LogP contribution in [0, 0.1) is 0 Å². The highest BCUT2D eigenvalue weighted by atomic mass is 32.2. The monoisotopic (exact) mass is 421 g/mol. The molecule has 0 aromatic heterocycles. The van der Waals surface area contributed by atoms with Crippen LogP contribution in [0.5, 0.6) is 11.5 Å². The van der Waals surface area contributed by atoms with Gasteiger partial charge in [0.25, 0.3) is 21.9 Å². The first-order chi connectivity index (χ1) is 12.6. The molecule has 156 valence electrons. The van der Waals surface area contributed by atoms with Gasteiger partial charge in [-0.1, -0.05) is 0 Å². The second-order valence-corrected chi connectivity index (χ2v) is 7.70. The van der Waals surface area contributed by atoms with Crippen LogP contribution in [0.2, 0.25) is 0 Å². The number of carbonyl (C=O) groups is 3. The number of hydrogen-bond acceptors (Lipinski definition) is 10. The van der Waals surface area contributed by atoms with E-state index in [1.54, 1.807) is 26.3 Å². The van der Waals surface area contributed by atoms with Crippen molar-refractivity contribution in [3.63, 3.8) is 0 Å². The Kier molecular flexibility index (Phi) is 6.92. The number of hydroxylamine groups is 1. The smallest absolute Gasteiger partial charge is 0.431 e. The third-order valence-electron chi connectivity index (χ3n) is 2.83. The van der Waals surface area contributed by atoms with Gasteiger partial charge in [0.2, 0.25) is 0 Å². The van der Waals surface area contributed by atoms with Crippen LogP contribution in [0.15, 0.2) is 17.0 Å². The standard InChI is InChI=1S/C14H19N3O10S/c1-14(2,3)27-13(22)16-26-6-10(19)17(15)12(21)8-4-7(28(23,24)25)5-9(18)11(8)20/h4-5,18,20H,6,15H2,1-3H3,(H,16,22)(H,23,24,25). The van der Waals surface area contributed by atoms with Crippen molar-refractivity contribution in [1.29, 1.82) is 0 Å². The quantitative estimate of drug-likeness (QED) is 0.136. The Balaban J connectivity index is 2.86. The molecular formula is C14H19N3O10S. The van der Waals surface area contributed by atoms with Crippen LogP contribution in [0.1, 0.15) is 31.1 Å². The number of benzene rings is 1. The van der Waals surface area contributed by atoms with Crippen molar-refractivity contribution < 1.29 is 47.1 Å². The molecule has 0 spiro atoms. The Bertz CT molecular complexity index is 891. The summed E-state index contributed by atoms with van der Waals surface area (Å²) in [6, 6.07) is 0.984. The lowest BCUT2D eigenvalue weighted by molar-refractivity contribution is -0.136. The summed E-state index contributed by atoms with van der Waals surface area (Å²) in [7, 11) is -4.84. The number of imide groups is 1. The fourth-order valence-corrected chi connectivity index (χ4v) is 2.20. The van der Waals surface area contributed by atoms with Gasteiger partial charge in [-0.25, -0.2) is 15.6 Å². The first-order valence-corrected chi connectivity index (χ1v) is 8.83. The van der Waals surface area contributed by atoms with E-state index < -0.39 is 62.2 Å². The Morgan fingerprint density at radius 3 is 2.29 bits per heavy atom. The lowest BCUT2D eigenvalue weighted by Gasteiger charge is -2.20. The summed E-state index contributed by atoms with van der Waals surface area (Å²) in [6.45, 7) is 3.83. The van der Waals surface area contributed by atoms with Gasteiger partial charge in [0, 0.05) is 6.07 Å². The largest absolute Gasteiger partial charge is 0.504 e. The summed E-state index contributed by atoms with van der Waals surface area (Å²) in [5.74, 6) is 0.528. The molecule has 0 bridgehead atoms. The summed E-state index contributed by atoms with van der Waals surface area (Å²) in [5.41, 5.74) is 0.0619. The Hall–Kier alpha value is -2.94. The zero-order valence-electron chi connectivity index (χ0n) is 15.0. The van der Waals surface area contributed by atoms with Crippen molar-refractivity contribution >= 4 is 28.0 Å². The number of nitrogens with two attached hydrogens (primary N) is 1. The molecule has 0 saturated carbocycles. The number of hydrogen-bond donors (Lipinski definition) is 5. The molecule has 3 amide bonds. The summed E-state index contributed by atoms with van der Waals surface area (Å²) >= 11 is 0. The van der Waals surface area contributed by atoms with Crippen LogP contribution in [-0.2, 0) is 24.5 Å². The van der Waals surface area contributed by atoms with Crippen molar-refractivity contribution in [2.45, 2.75) is 31.3 Å². The van der Waals surface area contributed by atoms with E-state index >= 15 is 0 Å². The molecule has 6 N–H and O–H groups in total. The Morgan fingerprint density at radius 2 is 1.79 bits per heavy atom. The predicted molar refractivity (Wildman–Crippen MR) is 90.3 cm³/mol. The average Bonchev–Trinajstić information content (AvgIpc) is 2.53. The maximum Gasteiger partial charge on any atom is 0.431 e. The van der Waals surface area contributed by atoms with E-state index in [-0.39, 0.29) is 5.01 Å². The number of rotatable bonds is 5. The summed E-state index contributed by atoms with van der Waals surface area (Å²) < 4.78 is 36.1. The molecule has 0 radical (unpaired) electrons. The minimum atomic E-state index is -4.84. The number of phenolic OH excluding ortho intramolecular Hbond substituents is 2. The molecule has 0 fully saturated rings. The first kappa shape index (κ1) is 23.1. The van der Waals surface area contributed by atoms with Gasteiger partial charge in [-0.3, -0.25) is 19.0 Å². The lowest BCUT2D eigenvalue weighted by Crippen LogP contribution is -2.45. The number of hydrazine groups is 1.